The molecule has 0 saturated carbocycles. The Balaban J connectivity index is 1.78. The van der Waals surface area contributed by atoms with Crippen LogP contribution in [0.15, 0.2) is 29.1 Å². The molecular formula is C23H26N4O7. The molecule has 3 N–H and O–H groups in total. The number of aromatic nitrogens is 2. The molecule has 3 heterocycles. The number of likely N-dealkylation sites (tertiary alicyclic amines) is 1. The molecule has 3 aromatic rings. The third kappa shape index (κ3) is 3.87. The van der Waals surface area contributed by atoms with E-state index in [1.165, 1.54) is 7.11 Å². The average Bonchev–Trinajstić information content (AvgIpc) is 3.14. The fraction of sp³-hybridized carbons (Fsp3) is 0.391. The molecule has 11 heteroatoms. The molecule has 1 saturated heterocycles. The molecule has 1 aromatic carbocycles. The number of benzene rings is 1. The summed E-state index contributed by atoms with van der Waals surface area (Å²) in [4.78, 5) is 51.4. The maximum Gasteiger partial charge on any atom is 0.323 e. The predicted molar refractivity (Wildman–Crippen MR) is 123 cm³/mol. The van der Waals surface area contributed by atoms with Crippen molar-refractivity contribution in [3.63, 3.8) is 0 Å². The number of pyridine rings is 1. The van der Waals surface area contributed by atoms with Crippen LogP contribution >= 0.6 is 0 Å². The number of amides is 2. The SMILES string of the molecule is COc1c(C(=O)NC2CCN(C(=O)CO)CC2)n(C)c2c1c(=O)n(CC(=O)O)c1ccccc21. The van der Waals surface area contributed by atoms with Gasteiger partial charge in [0.1, 0.15) is 18.5 Å². The molecule has 0 radical (unpaired) electrons. The number of carboxylic acid groups (broad SMARTS) is 1. The number of carboxylic acids is 1. The highest BCUT2D eigenvalue weighted by atomic mass is 16.5. The summed E-state index contributed by atoms with van der Waals surface area (Å²) in [6.45, 7) is -0.236. The first-order valence-electron chi connectivity index (χ1n) is 10.9. The first kappa shape index (κ1) is 23.3. The monoisotopic (exact) mass is 470 g/mol. The van der Waals surface area contributed by atoms with Crippen molar-refractivity contribution in [3.05, 3.63) is 40.3 Å². The normalized spacial score (nSPS) is 14.5. The fourth-order valence-corrected chi connectivity index (χ4v) is 4.70. The Kier molecular flexibility index (Phi) is 6.29. The Labute approximate surface area is 194 Å². The second kappa shape index (κ2) is 9.18. The molecule has 1 aliphatic rings. The first-order chi connectivity index (χ1) is 16.3. The molecule has 1 fully saturated rings. The molecule has 0 aliphatic carbocycles. The number of piperidine rings is 1. The minimum absolute atomic E-state index is 0.0813. The summed E-state index contributed by atoms with van der Waals surface area (Å²) >= 11 is 0. The lowest BCUT2D eigenvalue weighted by Crippen LogP contribution is -2.47. The van der Waals surface area contributed by atoms with Crippen LogP contribution in [0.1, 0.15) is 23.3 Å². The van der Waals surface area contributed by atoms with E-state index in [0.717, 1.165) is 4.57 Å². The number of hydrogen-bond donors (Lipinski definition) is 3. The molecule has 4 rings (SSSR count). The summed E-state index contributed by atoms with van der Waals surface area (Å²) in [5.74, 6) is -1.86. The minimum atomic E-state index is -1.16. The number of nitrogens with zero attached hydrogens (tertiary/aromatic N) is 3. The number of methoxy groups -OCH3 is 1. The number of aliphatic hydroxyl groups excluding tert-OH is 1. The van der Waals surface area contributed by atoms with E-state index in [9.17, 15) is 24.3 Å². The Morgan fingerprint density at radius 1 is 1.18 bits per heavy atom. The van der Waals surface area contributed by atoms with E-state index in [4.69, 9.17) is 9.84 Å². The van der Waals surface area contributed by atoms with Gasteiger partial charge >= 0.3 is 5.97 Å². The third-order valence-corrected chi connectivity index (χ3v) is 6.29. The number of nitrogens with one attached hydrogen (secondary N) is 1. The van der Waals surface area contributed by atoms with Crippen LogP contribution in [-0.2, 0) is 23.2 Å². The van der Waals surface area contributed by atoms with E-state index in [0.29, 0.717) is 42.4 Å². The van der Waals surface area contributed by atoms with Crippen LogP contribution in [0.3, 0.4) is 0 Å². The van der Waals surface area contributed by atoms with Crippen molar-refractivity contribution in [2.45, 2.75) is 25.4 Å². The van der Waals surface area contributed by atoms with E-state index in [1.807, 2.05) is 0 Å². The number of para-hydroxylation sites is 1. The maximum absolute atomic E-state index is 13.4. The number of aliphatic carboxylic acids is 1. The quantitative estimate of drug-likeness (QED) is 0.470. The average molecular weight is 470 g/mol. The first-order valence-corrected chi connectivity index (χ1v) is 10.9. The smallest absolute Gasteiger partial charge is 0.323 e. The second-order valence-corrected chi connectivity index (χ2v) is 8.25. The van der Waals surface area contributed by atoms with Gasteiger partial charge in [0.15, 0.2) is 11.4 Å². The van der Waals surface area contributed by atoms with Crippen molar-refractivity contribution in [1.82, 2.24) is 19.4 Å². The molecule has 0 unspecified atom stereocenters. The van der Waals surface area contributed by atoms with Gasteiger partial charge in [0.25, 0.3) is 11.5 Å². The number of aryl methyl sites for hydroxylation is 1. The summed E-state index contributed by atoms with van der Waals surface area (Å²) in [7, 11) is 3.02. The molecule has 0 spiro atoms. The minimum Gasteiger partial charge on any atom is -0.493 e. The summed E-state index contributed by atoms with van der Waals surface area (Å²) < 4.78 is 8.28. The van der Waals surface area contributed by atoms with E-state index < -0.39 is 30.6 Å². The molecule has 0 atom stereocenters. The lowest BCUT2D eigenvalue weighted by atomic mass is 10.0. The Morgan fingerprint density at radius 3 is 2.47 bits per heavy atom. The Bertz CT molecular complexity index is 1350. The zero-order valence-electron chi connectivity index (χ0n) is 18.9. The van der Waals surface area contributed by atoms with Crippen molar-refractivity contribution in [3.8, 4) is 5.75 Å². The number of carbonyl (C=O) groups excluding carboxylic acids is 2. The topological polar surface area (TPSA) is 143 Å². The zero-order valence-corrected chi connectivity index (χ0v) is 18.9. The van der Waals surface area contributed by atoms with Crippen LogP contribution in [0.4, 0.5) is 0 Å². The van der Waals surface area contributed by atoms with Crippen LogP contribution in [-0.4, -0.2) is 74.9 Å². The van der Waals surface area contributed by atoms with Crippen LogP contribution in [0.5, 0.6) is 5.75 Å². The number of aliphatic hydroxyl groups is 1. The van der Waals surface area contributed by atoms with Gasteiger partial charge in [-0.15, -0.1) is 0 Å². The van der Waals surface area contributed by atoms with Gasteiger partial charge < -0.3 is 29.7 Å². The number of carbonyl (C=O) groups is 3. The highest BCUT2D eigenvalue weighted by molar-refractivity contribution is 6.12. The molecule has 180 valence electrons. The number of rotatable bonds is 6. The third-order valence-electron chi connectivity index (χ3n) is 6.29. The summed E-state index contributed by atoms with van der Waals surface area (Å²) in [6, 6.07) is 6.73. The molecule has 1 aliphatic heterocycles. The van der Waals surface area contributed by atoms with Gasteiger partial charge in [0.2, 0.25) is 5.91 Å². The van der Waals surface area contributed by atoms with Crippen LogP contribution in [0.25, 0.3) is 21.8 Å². The lowest BCUT2D eigenvalue weighted by molar-refractivity contribution is -0.137. The molecule has 0 bridgehead atoms. The summed E-state index contributed by atoms with van der Waals surface area (Å²) in [6.07, 6.45) is 1.05. The fourth-order valence-electron chi connectivity index (χ4n) is 4.70. The van der Waals surface area contributed by atoms with Crippen molar-refractivity contribution in [1.29, 1.82) is 0 Å². The number of hydrogen-bond acceptors (Lipinski definition) is 6. The molecule has 2 amide bonds. The van der Waals surface area contributed by atoms with Gasteiger partial charge in [-0.1, -0.05) is 18.2 Å². The van der Waals surface area contributed by atoms with Gasteiger partial charge in [-0.2, -0.15) is 0 Å². The Morgan fingerprint density at radius 2 is 1.85 bits per heavy atom. The van der Waals surface area contributed by atoms with Crippen LogP contribution in [0.2, 0.25) is 0 Å². The zero-order chi connectivity index (χ0) is 24.6. The van der Waals surface area contributed by atoms with Gasteiger partial charge in [-0.25, -0.2) is 0 Å². The highest BCUT2D eigenvalue weighted by Gasteiger charge is 2.30. The van der Waals surface area contributed by atoms with E-state index in [1.54, 1.807) is 40.8 Å². The van der Waals surface area contributed by atoms with E-state index in [2.05, 4.69) is 5.32 Å². The maximum atomic E-state index is 13.4. The largest absolute Gasteiger partial charge is 0.493 e. The van der Waals surface area contributed by atoms with Crippen LogP contribution in [0, 0.1) is 0 Å². The number of ether oxygens (including phenoxy) is 1. The van der Waals surface area contributed by atoms with Crippen LogP contribution < -0.4 is 15.6 Å². The van der Waals surface area contributed by atoms with Crippen molar-refractivity contribution < 1.29 is 29.3 Å². The second-order valence-electron chi connectivity index (χ2n) is 8.25. The number of fused-ring (bicyclic) bond motifs is 3. The summed E-state index contributed by atoms with van der Waals surface area (Å²) in [5, 5.41) is 22.1. The van der Waals surface area contributed by atoms with Crippen molar-refractivity contribution >= 4 is 39.6 Å². The van der Waals surface area contributed by atoms with Gasteiger partial charge in [0, 0.05) is 31.6 Å². The lowest BCUT2D eigenvalue weighted by Gasteiger charge is -2.32. The summed E-state index contributed by atoms with van der Waals surface area (Å²) in [5.41, 5.74) is 0.520. The van der Waals surface area contributed by atoms with Gasteiger partial charge in [-0.3, -0.25) is 23.7 Å². The standard InChI is InChI=1S/C23H26N4O7/c1-25-19-14-5-3-4-6-15(14)27(11-17(30)31)23(33)18(19)21(34-2)20(25)22(32)24-13-7-9-26(10-8-13)16(29)12-28/h3-6,13,28H,7-12H2,1-2H3,(H,24,32)(H,30,31). The van der Waals surface area contributed by atoms with Crippen molar-refractivity contribution in [2.75, 3.05) is 26.8 Å². The molecule has 2 aromatic heterocycles. The van der Waals surface area contributed by atoms with E-state index in [-0.39, 0.29) is 28.8 Å². The van der Waals surface area contributed by atoms with E-state index >= 15 is 0 Å². The Hall–Kier alpha value is -3.86. The van der Waals surface area contributed by atoms with Gasteiger partial charge in [-0.05, 0) is 18.9 Å². The molecular weight excluding hydrogens is 444 g/mol. The van der Waals surface area contributed by atoms with Gasteiger partial charge in [0.05, 0.1) is 18.1 Å². The molecule has 34 heavy (non-hydrogen) atoms. The molecule has 11 nitrogen and oxygen atoms in total. The van der Waals surface area contributed by atoms with Crippen molar-refractivity contribution in [2.24, 2.45) is 7.05 Å². The predicted octanol–water partition coefficient (Wildman–Crippen LogP) is 0.300. The highest BCUT2D eigenvalue weighted by Crippen LogP contribution is 2.34.